The molecule has 5 heteroatoms. The fraction of sp³-hybridized carbons (Fsp3) is 0. The molecule has 1 heterocycles. The second kappa shape index (κ2) is 4.55. The number of carbonyl (C=O) groups excluding carboxylic acids is 1. The van der Waals surface area contributed by atoms with Crippen molar-refractivity contribution in [3.63, 3.8) is 0 Å². The summed E-state index contributed by atoms with van der Waals surface area (Å²) in [6.45, 7) is 0. The van der Waals surface area contributed by atoms with E-state index in [2.05, 4.69) is 4.98 Å². The van der Waals surface area contributed by atoms with Crippen LogP contribution < -0.4 is 5.48 Å². The monoisotopic (exact) mass is 254 g/mol. The average molecular weight is 254 g/mol. The third kappa shape index (κ3) is 2.07. The van der Waals surface area contributed by atoms with E-state index in [1.165, 1.54) is 0 Å². The summed E-state index contributed by atoms with van der Waals surface area (Å²) in [5.41, 5.74) is 4.22. The van der Waals surface area contributed by atoms with Gasteiger partial charge in [0.05, 0.1) is 0 Å². The Balaban J connectivity index is 1.99. The van der Waals surface area contributed by atoms with Gasteiger partial charge in [-0.1, -0.05) is 12.1 Å². The van der Waals surface area contributed by atoms with Crippen LogP contribution >= 0.6 is 0 Å². The molecular formula is C14H10N2O3. The summed E-state index contributed by atoms with van der Waals surface area (Å²) in [6, 6.07) is 14.1. The fourth-order valence-corrected chi connectivity index (χ4v) is 1.82. The van der Waals surface area contributed by atoms with Gasteiger partial charge in [-0.3, -0.25) is 10.0 Å². The molecule has 0 unspecified atom stereocenters. The summed E-state index contributed by atoms with van der Waals surface area (Å²) < 4.78 is 5.62. The normalized spacial score (nSPS) is 10.6. The van der Waals surface area contributed by atoms with Gasteiger partial charge in [0.1, 0.15) is 5.52 Å². The number of nitrogens with zero attached hydrogens (tertiary/aromatic N) is 1. The molecule has 94 valence electrons. The van der Waals surface area contributed by atoms with Crippen LogP contribution in [0.3, 0.4) is 0 Å². The molecule has 2 aromatic carbocycles. The number of rotatable bonds is 2. The molecule has 0 radical (unpaired) electrons. The van der Waals surface area contributed by atoms with E-state index in [-0.39, 0.29) is 0 Å². The predicted octanol–water partition coefficient (Wildman–Crippen LogP) is 2.61. The quantitative estimate of drug-likeness (QED) is 0.544. The van der Waals surface area contributed by atoms with E-state index in [9.17, 15) is 4.79 Å². The van der Waals surface area contributed by atoms with Crippen molar-refractivity contribution < 1.29 is 14.4 Å². The molecule has 0 aliphatic heterocycles. The Morgan fingerprint density at radius 1 is 1.11 bits per heavy atom. The van der Waals surface area contributed by atoms with Crippen molar-refractivity contribution in [3.8, 4) is 11.5 Å². The summed E-state index contributed by atoms with van der Waals surface area (Å²) >= 11 is 0. The largest absolute Gasteiger partial charge is 0.436 e. The third-order valence-corrected chi connectivity index (χ3v) is 2.79. The van der Waals surface area contributed by atoms with Crippen LogP contribution in [0.1, 0.15) is 10.4 Å². The van der Waals surface area contributed by atoms with Gasteiger partial charge in [-0.25, -0.2) is 10.5 Å². The number of carbonyl (C=O) groups is 1. The zero-order chi connectivity index (χ0) is 13.2. The number of hydroxylamine groups is 1. The Morgan fingerprint density at radius 2 is 1.84 bits per heavy atom. The van der Waals surface area contributed by atoms with Gasteiger partial charge in [-0.15, -0.1) is 0 Å². The minimum absolute atomic E-state index is 0.363. The van der Waals surface area contributed by atoms with Crippen molar-refractivity contribution in [2.75, 3.05) is 0 Å². The van der Waals surface area contributed by atoms with E-state index in [1.54, 1.807) is 29.7 Å². The van der Waals surface area contributed by atoms with Crippen LogP contribution in [0.5, 0.6) is 0 Å². The smallest absolute Gasteiger partial charge is 0.274 e. The molecule has 19 heavy (non-hydrogen) atoms. The lowest BCUT2D eigenvalue weighted by atomic mass is 10.1. The number of oxazole rings is 1. The molecule has 1 amide bonds. The molecule has 0 saturated heterocycles. The van der Waals surface area contributed by atoms with Crippen molar-refractivity contribution in [2.45, 2.75) is 0 Å². The Bertz CT molecular complexity index is 699. The summed E-state index contributed by atoms with van der Waals surface area (Å²) in [5.74, 6) is -0.0544. The van der Waals surface area contributed by atoms with Gasteiger partial charge in [0, 0.05) is 11.1 Å². The van der Waals surface area contributed by atoms with Gasteiger partial charge >= 0.3 is 0 Å². The fourth-order valence-electron chi connectivity index (χ4n) is 1.82. The summed E-state index contributed by atoms with van der Waals surface area (Å²) in [7, 11) is 0. The van der Waals surface area contributed by atoms with Gasteiger partial charge in [0.2, 0.25) is 5.89 Å². The Labute approximate surface area is 108 Å². The van der Waals surface area contributed by atoms with Crippen LogP contribution in [-0.2, 0) is 0 Å². The lowest BCUT2D eigenvalue weighted by Gasteiger charge is -1.99. The highest BCUT2D eigenvalue weighted by Gasteiger charge is 2.09. The van der Waals surface area contributed by atoms with Crippen molar-refractivity contribution in [1.29, 1.82) is 0 Å². The molecule has 2 N–H and O–H groups in total. The molecule has 0 fully saturated rings. The zero-order valence-corrected chi connectivity index (χ0v) is 9.83. The number of hydrogen-bond donors (Lipinski definition) is 2. The second-order valence-electron chi connectivity index (χ2n) is 4.01. The first-order valence-electron chi connectivity index (χ1n) is 5.68. The maximum Gasteiger partial charge on any atom is 0.274 e. The molecule has 0 aliphatic rings. The van der Waals surface area contributed by atoms with Crippen molar-refractivity contribution in [2.24, 2.45) is 0 Å². The topological polar surface area (TPSA) is 75.4 Å². The first-order valence-corrected chi connectivity index (χ1v) is 5.68. The molecule has 0 saturated carbocycles. The molecule has 0 aliphatic carbocycles. The van der Waals surface area contributed by atoms with Crippen LogP contribution in [0, 0.1) is 0 Å². The van der Waals surface area contributed by atoms with E-state index >= 15 is 0 Å². The van der Waals surface area contributed by atoms with Crippen LogP contribution in [-0.4, -0.2) is 16.1 Å². The third-order valence-electron chi connectivity index (χ3n) is 2.79. The van der Waals surface area contributed by atoms with Crippen molar-refractivity contribution in [3.05, 3.63) is 54.1 Å². The Kier molecular flexibility index (Phi) is 2.74. The minimum Gasteiger partial charge on any atom is -0.436 e. The maximum atomic E-state index is 11.2. The first kappa shape index (κ1) is 11.4. The van der Waals surface area contributed by atoms with Gasteiger partial charge in [-0.2, -0.15) is 0 Å². The molecule has 3 rings (SSSR count). The highest BCUT2D eigenvalue weighted by molar-refractivity contribution is 5.93. The predicted molar refractivity (Wildman–Crippen MR) is 68.7 cm³/mol. The van der Waals surface area contributed by atoms with Gasteiger partial charge in [0.25, 0.3) is 5.91 Å². The first-order chi connectivity index (χ1) is 9.28. The number of aromatic nitrogens is 1. The number of hydrogen-bond acceptors (Lipinski definition) is 4. The zero-order valence-electron chi connectivity index (χ0n) is 9.83. The van der Waals surface area contributed by atoms with Crippen molar-refractivity contribution in [1.82, 2.24) is 10.5 Å². The SMILES string of the molecule is O=C(NO)c1ccc(-c2nc3ccccc3o2)cc1. The van der Waals surface area contributed by atoms with Gasteiger partial charge in [-0.05, 0) is 36.4 Å². The maximum absolute atomic E-state index is 11.2. The molecule has 5 nitrogen and oxygen atoms in total. The van der Waals surface area contributed by atoms with E-state index in [0.29, 0.717) is 11.5 Å². The van der Waals surface area contributed by atoms with Gasteiger partial charge < -0.3 is 4.42 Å². The van der Waals surface area contributed by atoms with Gasteiger partial charge in [0.15, 0.2) is 5.58 Å². The Morgan fingerprint density at radius 3 is 2.53 bits per heavy atom. The molecule has 1 aromatic heterocycles. The number of nitrogens with one attached hydrogen (secondary N) is 1. The molecule has 0 atom stereocenters. The van der Waals surface area contributed by atoms with E-state index < -0.39 is 5.91 Å². The number of amides is 1. The number of benzene rings is 2. The van der Waals surface area contributed by atoms with Crippen molar-refractivity contribution >= 4 is 17.0 Å². The second-order valence-corrected chi connectivity index (χ2v) is 4.01. The Hall–Kier alpha value is -2.66. The van der Waals surface area contributed by atoms with Crippen LogP contribution in [0.2, 0.25) is 0 Å². The summed E-state index contributed by atoms with van der Waals surface area (Å²) in [6.07, 6.45) is 0. The van der Waals surface area contributed by atoms with Crippen LogP contribution in [0.4, 0.5) is 0 Å². The van der Waals surface area contributed by atoms with Crippen LogP contribution in [0.25, 0.3) is 22.6 Å². The number of fused-ring (bicyclic) bond motifs is 1. The van der Waals surface area contributed by atoms with E-state index in [1.807, 2.05) is 24.3 Å². The molecule has 3 aromatic rings. The summed E-state index contributed by atoms with van der Waals surface area (Å²) in [4.78, 5) is 15.6. The van der Waals surface area contributed by atoms with E-state index in [0.717, 1.165) is 16.7 Å². The average Bonchev–Trinajstić information content (AvgIpc) is 2.90. The molecular weight excluding hydrogens is 244 g/mol. The number of para-hydroxylation sites is 2. The lowest BCUT2D eigenvalue weighted by Crippen LogP contribution is -2.18. The van der Waals surface area contributed by atoms with E-state index in [4.69, 9.17) is 9.62 Å². The highest BCUT2D eigenvalue weighted by atomic mass is 16.5. The lowest BCUT2D eigenvalue weighted by molar-refractivity contribution is 0.0706. The summed E-state index contributed by atoms with van der Waals surface area (Å²) in [5, 5.41) is 8.54. The molecule has 0 bridgehead atoms. The standard InChI is InChI=1S/C14H10N2O3/c17-13(16-18)9-5-7-10(8-6-9)14-15-11-3-1-2-4-12(11)19-14/h1-8,18H,(H,16,17). The van der Waals surface area contributed by atoms with Crippen LogP contribution in [0.15, 0.2) is 52.9 Å². The highest BCUT2D eigenvalue weighted by Crippen LogP contribution is 2.24. The molecule has 0 spiro atoms. The minimum atomic E-state index is -0.552.